The lowest BCUT2D eigenvalue weighted by Gasteiger charge is -2.11. The van der Waals surface area contributed by atoms with Crippen LogP contribution in [0.5, 0.6) is 0 Å². The number of hydrogen-bond acceptors (Lipinski definition) is 1. The number of fused-ring (bicyclic) bond motifs is 1. The first-order chi connectivity index (χ1) is 8.70. The molecule has 0 unspecified atom stereocenters. The highest BCUT2D eigenvalue weighted by Gasteiger charge is 2.07. The van der Waals surface area contributed by atoms with Crippen molar-refractivity contribution in [3.8, 4) is 0 Å². The fourth-order valence-electron chi connectivity index (χ4n) is 2.36. The van der Waals surface area contributed by atoms with Gasteiger partial charge < -0.3 is 0 Å². The van der Waals surface area contributed by atoms with Crippen molar-refractivity contribution < 1.29 is 0 Å². The highest BCUT2D eigenvalue weighted by atomic mass is 14.7. The highest BCUT2D eigenvalue weighted by molar-refractivity contribution is 5.84. The number of benzene rings is 1. The van der Waals surface area contributed by atoms with E-state index < -0.39 is 0 Å². The standard InChI is InChI=1S/C17H23N/c1-4-5-9-15-12-14-8-6-7-10-16(14)17(18-15)11-13(2)3/h6-8,10,12-13H,4-5,9,11H2,1-3H3. The van der Waals surface area contributed by atoms with E-state index in [4.69, 9.17) is 4.98 Å². The maximum Gasteiger partial charge on any atom is 0.0487 e. The van der Waals surface area contributed by atoms with Crippen molar-refractivity contribution in [1.29, 1.82) is 0 Å². The summed E-state index contributed by atoms with van der Waals surface area (Å²) in [6.45, 7) is 6.75. The van der Waals surface area contributed by atoms with E-state index in [2.05, 4.69) is 51.1 Å². The van der Waals surface area contributed by atoms with Crippen molar-refractivity contribution >= 4 is 10.8 Å². The van der Waals surface area contributed by atoms with E-state index in [0.717, 1.165) is 12.8 Å². The molecule has 0 aliphatic heterocycles. The highest BCUT2D eigenvalue weighted by Crippen LogP contribution is 2.21. The van der Waals surface area contributed by atoms with Gasteiger partial charge in [-0.15, -0.1) is 0 Å². The number of hydrogen-bond donors (Lipinski definition) is 0. The molecule has 0 N–H and O–H groups in total. The van der Waals surface area contributed by atoms with Gasteiger partial charge in [0, 0.05) is 16.8 Å². The largest absolute Gasteiger partial charge is 0.257 e. The summed E-state index contributed by atoms with van der Waals surface area (Å²) < 4.78 is 0. The first-order valence-corrected chi connectivity index (χ1v) is 7.08. The lowest BCUT2D eigenvalue weighted by molar-refractivity contribution is 0.635. The number of unbranched alkanes of at least 4 members (excludes halogenated alkanes) is 1. The van der Waals surface area contributed by atoms with Crippen molar-refractivity contribution in [2.75, 3.05) is 0 Å². The zero-order valence-electron chi connectivity index (χ0n) is 11.7. The molecule has 1 nitrogen and oxygen atoms in total. The minimum atomic E-state index is 0.655. The molecule has 0 radical (unpaired) electrons. The quantitative estimate of drug-likeness (QED) is 0.734. The molecular formula is C17H23N. The molecule has 0 fully saturated rings. The van der Waals surface area contributed by atoms with Crippen molar-refractivity contribution in [1.82, 2.24) is 4.98 Å². The topological polar surface area (TPSA) is 12.9 Å². The van der Waals surface area contributed by atoms with Gasteiger partial charge in [0.15, 0.2) is 0 Å². The Labute approximate surface area is 110 Å². The van der Waals surface area contributed by atoms with Crippen LogP contribution in [-0.2, 0) is 12.8 Å². The predicted octanol–water partition coefficient (Wildman–Crippen LogP) is 4.78. The molecule has 96 valence electrons. The molecule has 0 aliphatic carbocycles. The van der Waals surface area contributed by atoms with Gasteiger partial charge in [-0.1, -0.05) is 51.5 Å². The predicted molar refractivity (Wildman–Crippen MR) is 78.9 cm³/mol. The molecule has 1 heterocycles. The molecule has 0 aliphatic rings. The van der Waals surface area contributed by atoms with Crippen LogP contribution in [0.25, 0.3) is 10.8 Å². The van der Waals surface area contributed by atoms with Gasteiger partial charge in [0.2, 0.25) is 0 Å². The van der Waals surface area contributed by atoms with E-state index in [1.54, 1.807) is 0 Å². The maximum absolute atomic E-state index is 4.88. The van der Waals surface area contributed by atoms with E-state index in [0.29, 0.717) is 5.92 Å². The molecule has 0 saturated heterocycles. The second kappa shape index (κ2) is 5.99. The third-order valence-corrected chi connectivity index (χ3v) is 3.26. The van der Waals surface area contributed by atoms with Gasteiger partial charge in [-0.25, -0.2) is 0 Å². The van der Waals surface area contributed by atoms with Gasteiger partial charge in [0.25, 0.3) is 0 Å². The van der Waals surface area contributed by atoms with Crippen LogP contribution in [0, 0.1) is 5.92 Å². The van der Waals surface area contributed by atoms with Gasteiger partial charge >= 0.3 is 0 Å². The number of pyridine rings is 1. The summed E-state index contributed by atoms with van der Waals surface area (Å²) in [4.78, 5) is 4.88. The van der Waals surface area contributed by atoms with Crippen LogP contribution in [0.15, 0.2) is 30.3 Å². The van der Waals surface area contributed by atoms with E-state index in [1.807, 2.05) is 0 Å². The van der Waals surface area contributed by atoms with Crippen molar-refractivity contribution in [2.24, 2.45) is 5.92 Å². The molecule has 1 aromatic heterocycles. The van der Waals surface area contributed by atoms with Crippen LogP contribution < -0.4 is 0 Å². The summed E-state index contributed by atoms with van der Waals surface area (Å²) in [5.41, 5.74) is 2.53. The first-order valence-electron chi connectivity index (χ1n) is 7.08. The maximum atomic E-state index is 4.88. The van der Waals surface area contributed by atoms with Crippen LogP contribution in [-0.4, -0.2) is 4.98 Å². The molecule has 0 saturated carbocycles. The fraction of sp³-hybridized carbons (Fsp3) is 0.471. The third-order valence-electron chi connectivity index (χ3n) is 3.26. The number of aryl methyl sites for hydroxylation is 1. The lowest BCUT2D eigenvalue weighted by atomic mass is 10.0. The van der Waals surface area contributed by atoms with Crippen LogP contribution >= 0.6 is 0 Å². The SMILES string of the molecule is CCCCc1cc2ccccc2c(CC(C)C)n1. The van der Waals surface area contributed by atoms with E-state index in [9.17, 15) is 0 Å². The van der Waals surface area contributed by atoms with E-state index >= 15 is 0 Å². The zero-order chi connectivity index (χ0) is 13.0. The summed E-state index contributed by atoms with van der Waals surface area (Å²) in [6, 6.07) is 10.9. The Hall–Kier alpha value is -1.37. The van der Waals surface area contributed by atoms with Gasteiger partial charge in [-0.2, -0.15) is 0 Å². The minimum absolute atomic E-state index is 0.655. The molecule has 2 aromatic rings. The van der Waals surface area contributed by atoms with Crippen LogP contribution in [0.2, 0.25) is 0 Å². The summed E-state index contributed by atoms with van der Waals surface area (Å²) in [5.74, 6) is 0.655. The van der Waals surface area contributed by atoms with Crippen molar-refractivity contribution in [3.05, 3.63) is 41.7 Å². The van der Waals surface area contributed by atoms with Gasteiger partial charge in [-0.3, -0.25) is 4.98 Å². The van der Waals surface area contributed by atoms with Crippen LogP contribution in [0.3, 0.4) is 0 Å². The van der Waals surface area contributed by atoms with E-state index in [-0.39, 0.29) is 0 Å². The second-order valence-electron chi connectivity index (χ2n) is 5.48. The minimum Gasteiger partial charge on any atom is -0.257 e. The summed E-state index contributed by atoms with van der Waals surface area (Å²) in [5, 5.41) is 2.67. The number of nitrogens with zero attached hydrogens (tertiary/aromatic N) is 1. The van der Waals surface area contributed by atoms with Crippen molar-refractivity contribution in [2.45, 2.75) is 46.5 Å². The molecule has 1 aromatic carbocycles. The molecule has 0 spiro atoms. The lowest BCUT2D eigenvalue weighted by Crippen LogP contribution is -2.02. The number of rotatable bonds is 5. The summed E-state index contributed by atoms with van der Waals surface area (Å²) in [7, 11) is 0. The Bertz CT molecular complexity index is 514. The average molecular weight is 241 g/mol. The Morgan fingerprint density at radius 2 is 1.94 bits per heavy atom. The first kappa shape index (κ1) is 13.1. The molecule has 1 heteroatoms. The monoisotopic (exact) mass is 241 g/mol. The molecule has 0 atom stereocenters. The fourth-order valence-corrected chi connectivity index (χ4v) is 2.36. The third kappa shape index (κ3) is 3.10. The van der Waals surface area contributed by atoms with E-state index in [1.165, 1.54) is 35.0 Å². The molecule has 2 rings (SSSR count). The van der Waals surface area contributed by atoms with Crippen molar-refractivity contribution in [3.63, 3.8) is 0 Å². The molecule has 0 amide bonds. The molecule has 18 heavy (non-hydrogen) atoms. The van der Waals surface area contributed by atoms with Crippen LogP contribution in [0.1, 0.15) is 45.0 Å². The van der Waals surface area contributed by atoms with Gasteiger partial charge in [0.05, 0.1) is 0 Å². The Morgan fingerprint density at radius 3 is 2.67 bits per heavy atom. The normalized spacial score (nSPS) is 11.3. The number of aromatic nitrogens is 1. The Kier molecular flexibility index (Phi) is 4.35. The van der Waals surface area contributed by atoms with Gasteiger partial charge in [0.1, 0.15) is 0 Å². The smallest absolute Gasteiger partial charge is 0.0487 e. The van der Waals surface area contributed by atoms with Gasteiger partial charge in [-0.05, 0) is 36.6 Å². The summed E-state index contributed by atoms with van der Waals surface area (Å²) in [6.07, 6.45) is 4.63. The second-order valence-corrected chi connectivity index (χ2v) is 5.48. The molecular weight excluding hydrogens is 218 g/mol. The summed E-state index contributed by atoms with van der Waals surface area (Å²) >= 11 is 0. The average Bonchev–Trinajstić information content (AvgIpc) is 2.35. The Morgan fingerprint density at radius 1 is 1.17 bits per heavy atom. The zero-order valence-corrected chi connectivity index (χ0v) is 11.7. The van der Waals surface area contributed by atoms with Crippen LogP contribution in [0.4, 0.5) is 0 Å². The molecule has 0 bridgehead atoms. The Balaban J connectivity index is 2.43.